The minimum Gasteiger partial charge on any atom is -0.379 e. The predicted molar refractivity (Wildman–Crippen MR) is 69.3 cm³/mol. The Morgan fingerprint density at radius 1 is 1.24 bits per heavy atom. The molecule has 0 bridgehead atoms. The van der Waals surface area contributed by atoms with E-state index in [1.165, 1.54) is 24.0 Å². The number of ether oxygens (including phenoxy) is 1. The molecule has 2 heteroatoms. The summed E-state index contributed by atoms with van der Waals surface area (Å²) in [6, 6.07) is 9.24. The molecular formula is C15H21NO. The molecule has 92 valence electrons. The van der Waals surface area contributed by atoms with Crippen LogP contribution in [0.4, 0.5) is 0 Å². The second kappa shape index (κ2) is 4.43. The van der Waals surface area contributed by atoms with Crippen LogP contribution in [0, 0.1) is 5.92 Å². The van der Waals surface area contributed by atoms with Crippen LogP contribution in [0.15, 0.2) is 24.3 Å². The Bertz CT molecular complexity index is 376. The average molecular weight is 231 g/mol. The molecule has 1 N–H and O–H groups in total. The Morgan fingerprint density at radius 3 is 2.35 bits per heavy atom. The van der Waals surface area contributed by atoms with Gasteiger partial charge in [-0.15, -0.1) is 0 Å². The highest BCUT2D eigenvalue weighted by atomic mass is 16.5. The van der Waals surface area contributed by atoms with E-state index in [1.54, 1.807) is 0 Å². The molecule has 0 saturated carbocycles. The van der Waals surface area contributed by atoms with E-state index < -0.39 is 0 Å². The Balaban J connectivity index is 1.81. The van der Waals surface area contributed by atoms with Crippen LogP contribution in [0.3, 0.4) is 0 Å². The quantitative estimate of drug-likeness (QED) is 0.857. The van der Waals surface area contributed by atoms with E-state index in [0.717, 1.165) is 32.2 Å². The molecule has 2 aliphatic rings. The van der Waals surface area contributed by atoms with Gasteiger partial charge in [0.25, 0.3) is 0 Å². The zero-order chi connectivity index (χ0) is 11.7. The smallest absolute Gasteiger partial charge is 0.0589 e. The third-order valence-corrected chi connectivity index (χ3v) is 4.35. The summed E-state index contributed by atoms with van der Waals surface area (Å²) in [6.07, 6.45) is 2.41. The molecule has 2 saturated heterocycles. The second-order valence-electron chi connectivity index (χ2n) is 5.45. The maximum Gasteiger partial charge on any atom is 0.0589 e. The second-order valence-corrected chi connectivity index (χ2v) is 5.45. The van der Waals surface area contributed by atoms with E-state index in [4.69, 9.17) is 4.74 Å². The fourth-order valence-corrected chi connectivity index (χ4v) is 2.93. The number of hydrogen-bond donors (Lipinski definition) is 1. The number of rotatable bonds is 4. The first kappa shape index (κ1) is 11.2. The van der Waals surface area contributed by atoms with Crippen molar-refractivity contribution in [2.24, 2.45) is 5.92 Å². The highest BCUT2D eigenvalue weighted by molar-refractivity contribution is 5.33. The van der Waals surface area contributed by atoms with E-state index in [1.807, 2.05) is 0 Å². The Morgan fingerprint density at radius 2 is 1.94 bits per heavy atom. The fourth-order valence-electron chi connectivity index (χ4n) is 2.93. The lowest BCUT2D eigenvalue weighted by Crippen LogP contribution is -2.62. The lowest BCUT2D eigenvalue weighted by atomic mass is 9.66. The minimum atomic E-state index is 0.315. The first-order valence-corrected chi connectivity index (χ1v) is 6.73. The van der Waals surface area contributed by atoms with E-state index in [-0.39, 0.29) is 0 Å². The molecule has 1 aromatic carbocycles. The van der Waals surface area contributed by atoms with Crippen molar-refractivity contribution in [1.82, 2.24) is 5.32 Å². The Hall–Kier alpha value is -0.860. The molecule has 2 aliphatic heterocycles. The van der Waals surface area contributed by atoms with Crippen molar-refractivity contribution in [3.05, 3.63) is 35.4 Å². The van der Waals surface area contributed by atoms with Crippen molar-refractivity contribution in [2.75, 3.05) is 26.3 Å². The molecule has 17 heavy (non-hydrogen) atoms. The molecule has 1 aromatic rings. The van der Waals surface area contributed by atoms with Crippen molar-refractivity contribution in [3.63, 3.8) is 0 Å². The molecule has 2 nitrogen and oxygen atoms in total. The molecule has 0 amide bonds. The number of hydrogen-bond acceptors (Lipinski definition) is 2. The van der Waals surface area contributed by atoms with Crippen molar-refractivity contribution in [2.45, 2.75) is 25.2 Å². The third-order valence-electron chi connectivity index (χ3n) is 4.35. The topological polar surface area (TPSA) is 21.3 Å². The zero-order valence-electron chi connectivity index (χ0n) is 10.5. The van der Waals surface area contributed by atoms with Gasteiger partial charge < -0.3 is 10.1 Å². The maximum atomic E-state index is 5.50. The van der Waals surface area contributed by atoms with Crippen molar-refractivity contribution < 1.29 is 4.74 Å². The summed E-state index contributed by atoms with van der Waals surface area (Å²) in [7, 11) is 0. The van der Waals surface area contributed by atoms with Crippen LogP contribution in [0.25, 0.3) is 0 Å². The Labute approximate surface area is 103 Å². The first-order chi connectivity index (χ1) is 8.35. The van der Waals surface area contributed by atoms with Gasteiger partial charge in [0, 0.05) is 18.5 Å². The van der Waals surface area contributed by atoms with E-state index in [0.29, 0.717) is 5.41 Å². The predicted octanol–water partition coefficient (Wildman–Crippen LogP) is 2.13. The van der Waals surface area contributed by atoms with Crippen molar-refractivity contribution in [1.29, 1.82) is 0 Å². The summed E-state index contributed by atoms with van der Waals surface area (Å²) in [5.74, 6) is 0.772. The lowest BCUT2D eigenvalue weighted by molar-refractivity contribution is -0.101. The largest absolute Gasteiger partial charge is 0.379 e. The van der Waals surface area contributed by atoms with Gasteiger partial charge in [-0.3, -0.25) is 0 Å². The SMILES string of the molecule is CCCc1ccc(C2(C3CNC3)COC2)cc1. The number of nitrogens with one attached hydrogen (secondary N) is 1. The van der Waals surface area contributed by atoms with Gasteiger partial charge >= 0.3 is 0 Å². The van der Waals surface area contributed by atoms with Crippen molar-refractivity contribution in [3.8, 4) is 0 Å². The Kier molecular flexibility index (Phi) is 2.93. The van der Waals surface area contributed by atoms with Gasteiger partial charge in [-0.05, 0) is 23.5 Å². The summed E-state index contributed by atoms with van der Waals surface area (Å²) in [4.78, 5) is 0. The molecule has 2 heterocycles. The molecule has 0 aliphatic carbocycles. The van der Waals surface area contributed by atoms with Gasteiger partial charge in [-0.25, -0.2) is 0 Å². The minimum absolute atomic E-state index is 0.315. The molecular weight excluding hydrogens is 210 g/mol. The summed E-state index contributed by atoms with van der Waals surface area (Å²) in [5.41, 5.74) is 3.25. The van der Waals surface area contributed by atoms with Gasteiger partial charge in [0.15, 0.2) is 0 Å². The zero-order valence-corrected chi connectivity index (χ0v) is 10.5. The van der Waals surface area contributed by atoms with Crippen LogP contribution in [0.2, 0.25) is 0 Å². The molecule has 0 radical (unpaired) electrons. The molecule has 0 aromatic heterocycles. The summed E-state index contributed by atoms with van der Waals surface area (Å²) in [5, 5.41) is 3.38. The number of aryl methyl sites for hydroxylation is 1. The van der Waals surface area contributed by atoms with Crippen LogP contribution in [0.5, 0.6) is 0 Å². The van der Waals surface area contributed by atoms with Gasteiger partial charge in [-0.2, -0.15) is 0 Å². The third kappa shape index (κ3) is 1.80. The highest BCUT2D eigenvalue weighted by Gasteiger charge is 2.49. The van der Waals surface area contributed by atoms with E-state index in [9.17, 15) is 0 Å². The average Bonchev–Trinajstić information content (AvgIpc) is 2.22. The fraction of sp³-hybridized carbons (Fsp3) is 0.600. The van der Waals surface area contributed by atoms with E-state index >= 15 is 0 Å². The molecule has 0 atom stereocenters. The van der Waals surface area contributed by atoms with Gasteiger partial charge in [0.05, 0.1) is 13.2 Å². The van der Waals surface area contributed by atoms with Crippen LogP contribution in [-0.4, -0.2) is 26.3 Å². The monoisotopic (exact) mass is 231 g/mol. The number of benzene rings is 1. The molecule has 0 spiro atoms. The van der Waals surface area contributed by atoms with Gasteiger partial charge in [0.2, 0.25) is 0 Å². The summed E-state index contributed by atoms with van der Waals surface area (Å²) < 4.78 is 5.50. The summed E-state index contributed by atoms with van der Waals surface area (Å²) >= 11 is 0. The van der Waals surface area contributed by atoms with Crippen LogP contribution < -0.4 is 5.32 Å². The highest BCUT2D eigenvalue weighted by Crippen LogP contribution is 2.41. The van der Waals surface area contributed by atoms with Crippen LogP contribution in [0.1, 0.15) is 24.5 Å². The first-order valence-electron chi connectivity index (χ1n) is 6.73. The van der Waals surface area contributed by atoms with Crippen molar-refractivity contribution >= 4 is 0 Å². The molecule has 0 unspecified atom stereocenters. The van der Waals surface area contributed by atoms with Gasteiger partial charge in [-0.1, -0.05) is 37.6 Å². The normalized spacial score (nSPS) is 22.9. The van der Waals surface area contributed by atoms with E-state index in [2.05, 4.69) is 36.5 Å². The maximum absolute atomic E-state index is 5.50. The molecule has 2 fully saturated rings. The standard InChI is InChI=1S/C15H21NO/c1-2-3-12-4-6-13(7-5-12)15(10-17-11-15)14-8-16-9-14/h4-7,14,16H,2-3,8-11H2,1H3. The summed E-state index contributed by atoms with van der Waals surface area (Å²) in [6.45, 7) is 6.36. The van der Waals surface area contributed by atoms with Crippen LogP contribution >= 0.6 is 0 Å². The van der Waals surface area contributed by atoms with Crippen LogP contribution in [-0.2, 0) is 16.6 Å². The molecule has 3 rings (SSSR count). The van der Waals surface area contributed by atoms with Gasteiger partial charge in [0.1, 0.15) is 0 Å². The lowest BCUT2D eigenvalue weighted by Gasteiger charge is -2.51.